The lowest BCUT2D eigenvalue weighted by Crippen LogP contribution is -2.32. The van der Waals surface area contributed by atoms with Gasteiger partial charge in [0.25, 0.3) is 5.91 Å². The van der Waals surface area contributed by atoms with Crippen molar-refractivity contribution in [3.05, 3.63) is 47.5 Å². The molecule has 5 rings (SSSR count). The highest BCUT2D eigenvalue weighted by Crippen LogP contribution is 2.32. The monoisotopic (exact) mass is 406 g/mol. The highest BCUT2D eigenvalue weighted by Gasteiger charge is 2.34. The van der Waals surface area contributed by atoms with Gasteiger partial charge in [0.1, 0.15) is 5.82 Å². The Labute approximate surface area is 174 Å². The predicted octanol–water partition coefficient (Wildman–Crippen LogP) is 3.17. The van der Waals surface area contributed by atoms with E-state index in [9.17, 15) is 9.90 Å². The van der Waals surface area contributed by atoms with E-state index >= 15 is 0 Å². The Hall–Kier alpha value is -3.13. The molecule has 0 unspecified atom stereocenters. The van der Waals surface area contributed by atoms with Gasteiger partial charge in [-0.2, -0.15) is 9.50 Å². The number of rotatable bonds is 4. The number of hydrogen-bond donors (Lipinski definition) is 4. The van der Waals surface area contributed by atoms with Gasteiger partial charge >= 0.3 is 0 Å². The van der Waals surface area contributed by atoms with E-state index in [1.807, 2.05) is 50.2 Å². The van der Waals surface area contributed by atoms with Crippen molar-refractivity contribution >= 4 is 29.0 Å². The van der Waals surface area contributed by atoms with E-state index in [0.29, 0.717) is 17.6 Å². The smallest absolute Gasteiger partial charge is 0.252 e. The number of hydrogen-bond acceptors (Lipinski definition) is 6. The van der Waals surface area contributed by atoms with Crippen LogP contribution in [0.5, 0.6) is 0 Å². The minimum atomic E-state index is -0.359. The highest BCUT2D eigenvalue weighted by atomic mass is 16.3. The fourth-order valence-electron chi connectivity index (χ4n) is 4.40. The van der Waals surface area contributed by atoms with Crippen molar-refractivity contribution in [1.82, 2.24) is 19.9 Å². The van der Waals surface area contributed by atoms with E-state index in [1.165, 1.54) is 0 Å². The minimum Gasteiger partial charge on any atom is -0.393 e. The molecule has 30 heavy (non-hydrogen) atoms. The zero-order valence-corrected chi connectivity index (χ0v) is 17.1. The van der Waals surface area contributed by atoms with E-state index in [1.54, 1.807) is 4.52 Å². The molecule has 2 aromatic heterocycles. The van der Waals surface area contributed by atoms with Crippen LogP contribution in [0.15, 0.2) is 36.4 Å². The maximum atomic E-state index is 12.3. The van der Waals surface area contributed by atoms with Crippen molar-refractivity contribution in [1.29, 1.82) is 0 Å². The third-order valence-electron chi connectivity index (χ3n) is 6.03. The summed E-state index contributed by atoms with van der Waals surface area (Å²) in [6.07, 6.45) is 3.33. The number of aromatic nitrogens is 3. The van der Waals surface area contributed by atoms with Crippen molar-refractivity contribution in [3.63, 3.8) is 0 Å². The summed E-state index contributed by atoms with van der Waals surface area (Å²) in [5.74, 6) is 1.29. The van der Waals surface area contributed by atoms with Crippen LogP contribution < -0.4 is 16.0 Å². The topological polar surface area (TPSA) is 104 Å². The first kappa shape index (κ1) is 18.9. The van der Waals surface area contributed by atoms with Crippen LogP contribution in [-0.4, -0.2) is 37.8 Å². The summed E-state index contributed by atoms with van der Waals surface area (Å²) in [6.45, 7) is 3.99. The molecule has 0 atom stereocenters. The average Bonchev–Trinajstić information content (AvgIpc) is 3.22. The maximum Gasteiger partial charge on any atom is 0.252 e. The van der Waals surface area contributed by atoms with Gasteiger partial charge in [-0.25, -0.2) is 0 Å². The van der Waals surface area contributed by atoms with Crippen LogP contribution in [0.4, 0.5) is 17.5 Å². The van der Waals surface area contributed by atoms with Crippen molar-refractivity contribution < 1.29 is 9.90 Å². The molecule has 0 saturated heterocycles. The molecule has 3 heterocycles. The molecular weight excluding hydrogens is 380 g/mol. The highest BCUT2D eigenvalue weighted by molar-refractivity contribution is 6.00. The molecule has 3 aromatic rings. The van der Waals surface area contributed by atoms with Crippen LogP contribution in [0.25, 0.3) is 5.65 Å². The van der Waals surface area contributed by atoms with Crippen LogP contribution in [0.3, 0.4) is 0 Å². The Morgan fingerprint density at radius 1 is 1.17 bits per heavy atom. The fourth-order valence-corrected chi connectivity index (χ4v) is 4.40. The molecule has 1 saturated carbocycles. The summed E-state index contributed by atoms with van der Waals surface area (Å²) in [5, 5.41) is 24.1. The van der Waals surface area contributed by atoms with E-state index in [4.69, 9.17) is 0 Å². The molecule has 1 aliphatic heterocycles. The first-order chi connectivity index (χ1) is 14.4. The number of nitrogens with one attached hydrogen (secondary N) is 3. The maximum absolute atomic E-state index is 12.3. The second kappa shape index (κ2) is 6.98. The van der Waals surface area contributed by atoms with E-state index in [-0.39, 0.29) is 17.6 Å². The van der Waals surface area contributed by atoms with Gasteiger partial charge in [-0.15, -0.1) is 5.10 Å². The van der Waals surface area contributed by atoms with Gasteiger partial charge in [0.05, 0.1) is 11.6 Å². The lowest BCUT2D eigenvalue weighted by Gasteiger charge is -2.26. The summed E-state index contributed by atoms with van der Waals surface area (Å²) in [7, 11) is 0. The number of benzene rings is 1. The van der Waals surface area contributed by atoms with Crippen molar-refractivity contribution in [2.45, 2.75) is 57.2 Å². The first-order valence-corrected chi connectivity index (χ1v) is 10.4. The number of aliphatic hydroxyl groups is 1. The number of fused-ring (bicyclic) bond motifs is 2. The molecule has 0 radical (unpaired) electrons. The number of carbonyl (C=O) groups excluding carboxylic acids is 1. The van der Waals surface area contributed by atoms with Crippen LogP contribution in [0.1, 0.15) is 55.5 Å². The van der Waals surface area contributed by atoms with Gasteiger partial charge in [0.15, 0.2) is 5.65 Å². The summed E-state index contributed by atoms with van der Waals surface area (Å²) < 4.78 is 1.79. The number of nitrogens with zero attached hydrogens (tertiary/aromatic N) is 3. The number of carbonyl (C=O) groups is 1. The molecule has 0 bridgehead atoms. The molecule has 1 fully saturated rings. The predicted molar refractivity (Wildman–Crippen MR) is 115 cm³/mol. The molecule has 1 aromatic carbocycles. The van der Waals surface area contributed by atoms with Crippen molar-refractivity contribution in [2.24, 2.45) is 0 Å². The molecule has 2 aliphatic rings. The molecule has 8 nitrogen and oxygen atoms in total. The number of anilines is 3. The Balaban J connectivity index is 1.39. The molecular formula is C22H26N6O2. The normalized spacial score (nSPS) is 22.6. The second-order valence-corrected chi connectivity index (χ2v) is 8.73. The fraction of sp³-hybridized carbons (Fsp3) is 0.409. The SMILES string of the molecule is CC1(C)NC(=O)c2cc(Nc3nc4cccc(N[C@H]5CC[C@H](O)CC5)n4n3)ccc21. The Morgan fingerprint density at radius 2 is 1.97 bits per heavy atom. The third kappa shape index (κ3) is 3.37. The van der Waals surface area contributed by atoms with Crippen molar-refractivity contribution in [3.8, 4) is 0 Å². The molecule has 4 N–H and O–H groups in total. The Bertz CT molecular complexity index is 1110. The van der Waals surface area contributed by atoms with Crippen LogP contribution >= 0.6 is 0 Å². The minimum absolute atomic E-state index is 0.0642. The zero-order chi connectivity index (χ0) is 20.9. The molecule has 0 spiro atoms. The van der Waals surface area contributed by atoms with Gasteiger partial charge in [-0.3, -0.25) is 4.79 Å². The van der Waals surface area contributed by atoms with Crippen molar-refractivity contribution in [2.75, 3.05) is 10.6 Å². The first-order valence-electron chi connectivity index (χ1n) is 10.4. The quantitative estimate of drug-likeness (QED) is 0.531. The van der Waals surface area contributed by atoms with E-state index in [0.717, 1.165) is 48.4 Å². The van der Waals surface area contributed by atoms with Crippen LogP contribution in [0, 0.1) is 0 Å². The summed E-state index contributed by atoms with van der Waals surface area (Å²) >= 11 is 0. The summed E-state index contributed by atoms with van der Waals surface area (Å²) in [5.41, 5.74) is 2.81. The van der Waals surface area contributed by atoms with Gasteiger partial charge in [-0.1, -0.05) is 12.1 Å². The van der Waals surface area contributed by atoms with E-state index < -0.39 is 0 Å². The Kier molecular flexibility index (Phi) is 4.39. The summed E-state index contributed by atoms with van der Waals surface area (Å²) in [4.78, 5) is 16.9. The number of pyridine rings is 1. The standard InChI is InChI=1S/C22H26N6O2/c1-22(2)17-11-8-14(12-16(17)20(30)26-22)24-21-25-19-5-3-4-18(28(19)27-21)23-13-6-9-15(29)10-7-13/h3-5,8,11-13,15,23,29H,6-7,9-10H2,1-2H3,(H,24,27)(H,26,30)/t13-,15-. The zero-order valence-electron chi connectivity index (χ0n) is 17.1. The number of aliphatic hydroxyl groups excluding tert-OH is 1. The lowest BCUT2D eigenvalue weighted by molar-refractivity contribution is 0.0940. The Morgan fingerprint density at radius 3 is 2.77 bits per heavy atom. The van der Waals surface area contributed by atoms with Gasteiger partial charge < -0.3 is 21.1 Å². The molecule has 156 valence electrons. The van der Waals surface area contributed by atoms with Gasteiger partial charge in [-0.05, 0) is 69.4 Å². The molecule has 8 heteroatoms. The number of amides is 1. The van der Waals surface area contributed by atoms with Gasteiger partial charge in [0, 0.05) is 17.3 Å². The van der Waals surface area contributed by atoms with Crippen LogP contribution in [0.2, 0.25) is 0 Å². The lowest BCUT2D eigenvalue weighted by atomic mass is 9.93. The summed E-state index contributed by atoms with van der Waals surface area (Å²) in [6, 6.07) is 11.9. The van der Waals surface area contributed by atoms with E-state index in [2.05, 4.69) is 26.0 Å². The molecule has 1 aliphatic carbocycles. The largest absolute Gasteiger partial charge is 0.393 e. The molecule has 1 amide bonds. The third-order valence-corrected chi connectivity index (χ3v) is 6.03. The van der Waals surface area contributed by atoms with Gasteiger partial charge in [0.2, 0.25) is 5.95 Å². The average molecular weight is 406 g/mol. The van der Waals surface area contributed by atoms with Crippen LogP contribution in [-0.2, 0) is 5.54 Å². The second-order valence-electron chi connectivity index (χ2n) is 8.73.